The summed E-state index contributed by atoms with van der Waals surface area (Å²) in [6.07, 6.45) is 2.00. The van der Waals surface area contributed by atoms with Crippen LogP contribution in [0.2, 0.25) is 18.6 Å². The molecule has 2 aliphatic heterocycles. The number of rotatable bonds is 9. The standard InChI is InChI=1S/C33H38N4O5Si/c1-22-31(43(3,4)40)30(17-18-36-20-28(34-35-36)26(21-38)23-11-7-5-8-12-23)42-33(22)27-19-25(41-2)15-16-29(27)37(32(33)39)24-13-9-6-10-14-24/h5-16,19-20,22,26,30-31,38,40H,17-18,21H2,1-4H3/t22-,26?,30+,31-,33+/m0/s1. The van der Waals surface area contributed by atoms with Gasteiger partial charge in [0.05, 0.1) is 37.1 Å². The van der Waals surface area contributed by atoms with E-state index in [1.807, 2.05) is 105 Å². The lowest BCUT2D eigenvalue weighted by molar-refractivity contribution is -0.145. The van der Waals surface area contributed by atoms with Gasteiger partial charge in [0.25, 0.3) is 5.91 Å². The summed E-state index contributed by atoms with van der Waals surface area (Å²) in [7, 11) is -1.21. The Balaban J connectivity index is 1.33. The molecule has 1 amide bonds. The van der Waals surface area contributed by atoms with Crippen molar-refractivity contribution in [1.82, 2.24) is 15.0 Å². The second-order valence-electron chi connectivity index (χ2n) is 12.1. The molecule has 2 N–H and O–H groups in total. The highest BCUT2D eigenvalue weighted by Gasteiger charge is 2.66. The van der Waals surface area contributed by atoms with Crippen molar-refractivity contribution >= 4 is 25.6 Å². The number of hydrogen-bond acceptors (Lipinski definition) is 7. The molecule has 5 atom stereocenters. The zero-order valence-corrected chi connectivity index (χ0v) is 25.9. The van der Waals surface area contributed by atoms with Crippen molar-refractivity contribution in [3.8, 4) is 5.75 Å². The first-order chi connectivity index (χ1) is 20.7. The fraction of sp³-hybridized carbons (Fsp3) is 0.364. The normalized spacial score (nSPS) is 24.0. The Morgan fingerprint density at radius 1 is 1.07 bits per heavy atom. The fourth-order valence-electron chi connectivity index (χ4n) is 7.11. The Kier molecular flexibility index (Phi) is 7.72. The molecule has 10 heteroatoms. The van der Waals surface area contributed by atoms with Gasteiger partial charge in [0.1, 0.15) is 5.75 Å². The lowest BCUT2D eigenvalue weighted by Gasteiger charge is -2.32. The van der Waals surface area contributed by atoms with E-state index in [-0.39, 0.29) is 29.9 Å². The highest BCUT2D eigenvalue weighted by atomic mass is 28.4. The van der Waals surface area contributed by atoms with Crippen LogP contribution < -0.4 is 9.64 Å². The summed E-state index contributed by atoms with van der Waals surface area (Å²) in [5.41, 5.74) is 2.45. The number of fused-ring (bicyclic) bond motifs is 2. The van der Waals surface area contributed by atoms with Crippen LogP contribution in [0, 0.1) is 5.92 Å². The largest absolute Gasteiger partial charge is 0.497 e. The molecule has 1 fully saturated rings. The molecule has 1 saturated heterocycles. The minimum Gasteiger partial charge on any atom is -0.497 e. The van der Waals surface area contributed by atoms with E-state index < -0.39 is 20.0 Å². The minimum absolute atomic E-state index is 0.0796. The summed E-state index contributed by atoms with van der Waals surface area (Å²) in [4.78, 5) is 27.9. The van der Waals surface area contributed by atoms with E-state index in [1.165, 1.54) is 0 Å². The summed E-state index contributed by atoms with van der Waals surface area (Å²) in [5, 5.41) is 18.8. The molecule has 3 aromatic carbocycles. The van der Waals surface area contributed by atoms with Crippen LogP contribution in [0.5, 0.6) is 5.75 Å². The second-order valence-corrected chi connectivity index (χ2v) is 16.0. The molecule has 0 bridgehead atoms. The van der Waals surface area contributed by atoms with Gasteiger partial charge in [-0.3, -0.25) is 14.4 Å². The van der Waals surface area contributed by atoms with Gasteiger partial charge in [0, 0.05) is 35.5 Å². The number of nitrogens with zero attached hydrogens (tertiary/aromatic N) is 4. The van der Waals surface area contributed by atoms with Crippen LogP contribution in [0.1, 0.15) is 36.1 Å². The van der Waals surface area contributed by atoms with Gasteiger partial charge in [-0.25, -0.2) is 0 Å². The number of aliphatic hydroxyl groups is 1. The quantitative estimate of drug-likeness (QED) is 0.262. The molecule has 1 spiro atoms. The number of ether oxygens (including phenoxy) is 2. The van der Waals surface area contributed by atoms with E-state index in [4.69, 9.17) is 9.47 Å². The molecular formula is C33H38N4O5Si. The third-order valence-electron chi connectivity index (χ3n) is 9.05. The van der Waals surface area contributed by atoms with Gasteiger partial charge in [0.2, 0.25) is 0 Å². The smallest absolute Gasteiger partial charge is 0.268 e. The number of anilines is 2. The average Bonchev–Trinajstić information content (AvgIpc) is 3.66. The van der Waals surface area contributed by atoms with Gasteiger partial charge in [0.15, 0.2) is 13.9 Å². The molecule has 2 aliphatic rings. The summed E-state index contributed by atoms with van der Waals surface area (Å²) >= 11 is 0. The third kappa shape index (κ3) is 4.98. The number of aromatic nitrogens is 3. The van der Waals surface area contributed by atoms with Gasteiger partial charge < -0.3 is 19.4 Å². The molecule has 0 radical (unpaired) electrons. The maximum absolute atomic E-state index is 14.6. The fourth-order valence-corrected chi connectivity index (χ4v) is 9.71. The van der Waals surface area contributed by atoms with E-state index in [0.717, 1.165) is 22.5 Å². The first-order valence-corrected chi connectivity index (χ1v) is 17.8. The molecule has 0 aliphatic carbocycles. The van der Waals surface area contributed by atoms with Crippen molar-refractivity contribution in [2.24, 2.45) is 5.92 Å². The topological polar surface area (TPSA) is 110 Å². The van der Waals surface area contributed by atoms with Gasteiger partial charge >= 0.3 is 0 Å². The molecule has 9 nitrogen and oxygen atoms in total. The predicted octanol–water partition coefficient (Wildman–Crippen LogP) is 4.98. The molecule has 1 unspecified atom stereocenters. The van der Waals surface area contributed by atoms with Gasteiger partial charge in [-0.15, -0.1) is 5.10 Å². The summed E-state index contributed by atoms with van der Waals surface area (Å²) < 4.78 is 14.3. The minimum atomic E-state index is -2.82. The Labute approximate surface area is 252 Å². The molecule has 1 aromatic heterocycles. The predicted molar refractivity (Wildman–Crippen MR) is 166 cm³/mol. The number of carbonyl (C=O) groups excluding carboxylic acids is 1. The first-order valence-electron chi connectivity index (χ1n) is 14.7. The molecule has 4 aromatic rings. The van der Waals surface area contributed by atoms with Crippen LogP contribution in [-0.2, 0) is 21.7 Å². The molecular weight excluding hydrogens is 560 g/mol. The highest BCUT2D eigenvalue weighted by Crippen LogP contribution is 2.61. The number of benzene rings is 3. The number of hydrogen-bond donors (Lipinski definition) is 2. The van der Waals surface area contributed by atoms with Crippen molar-refractivity contribution in [1.29, 1.82) is 0 Å². The van der Waals surface area contributed by atoms with Crippen molar-refractivity contribution in [2.75, 3.05) is 18.6 Å². The highest BCUT2D eigenvalue weighted by molar-refractivity contribution is 6.71. The van der Waals surface area contributed by atoms with Crippen LogP contribution >= 0.6 is 0 Å². The van der Waals surface area contributed by atoms with Crippen molar-refractivity contribution in [3.05, 3.63) is 102 Å². The van der Waals surface area contributed by atoms with Gasteiger partial charge in [-0.05, 0) is 55.4 Å². The number of methoxy groups -OCH3 is 1. The molecule has 3 heterocycles. The lowest BCUT2D eigenvalue weighted by atomic mass is 9.82. The third-order valence-corrected chi connectivity index (χ3v) is 11.6. The summed E-state index contributed by atoms with van der Waals surface area (Å²) in [6, 6.07) is 25.0. The SMILES string of the molecule is COc1ccc2c(c1)[C@@]1(O[C@H](CCn3cc(C(CO)c4ccccc4)nn3)[C@@H]([Si](C)(C)O)[C@@H]1C)C(=O)N2c1ccccc1. The van der Waals surface area contributed by atoms with Crippen LogP contribution in [0.4, 0.5) is 11.4 Å². The number of aryl methyl sites for hydroxylation is 1. The van der Waals surface area contributed by atoms with Gasteiger partial charge in [-0.2, -0.15) is 0 Å². The number of amides is 1. The Morgan fingerprint density at radius 2 is 1.77 bits per heavy atom. The maximum Gasteiger partial charge on any atom is 0.268 e. The van der Waals surface area contributed by atoms with E-state index >= 15 is 0 Å². The number of aliphatic hydroxyl groups excluding tert-OH is 1. The Bertz CT molecular complexity index is 1590. The van der Waals surface area contributed by atoms with Crippen molar-refractivity contribution in [2.45, 2.75) is 56.1 Å². The van der Waals surface area contributed by atoms with Gasteiger partial charge in [-0.1, -0.05) is 60.7 Å². The van der Waals surface area contributed by atoms with Crippen LogP contribution in [0.3, 0.4) is 0 Å². The molecule has 224 valence electrons. The molecule has 6 rings (SSSR count). The van der Waals surface area contributed by atoms with Crippen molar-refractivity contribution < 1.29 is 24.2 Å². The Morgan fingerprint density at radius 3 is 2.42 bits per heavy atom. The van der Waals surface area contributed by atoms with Crippen molar-refractivity contribution in [3.63, 3.8) is 0 Å². The maximum atomic E-state index is 14.6. The average molecular weight is 599 g/mol. The zero-order valence-electron chi connectivity index (χ0n) is 24.9. The van der Waals surface area contributed by atoms with E-state index in [1.54, 1.807) is 16.7 Å². The second kappa shape index (κ2) is 11.3. The van der Waals surface area contributed by atoms with Crippen LogP contribution in [-0.4, -0.2) is 58.9 Å². The lowest BCUT2D eigenvalue weighted by Crippen LogP contribution is -2.45. The van der Waals surface area contributed by atoms with E-state index in [0.29, 0.717) is 24.4 Å². The van der Waals surface area contributed by atoms with Crippen LogP contribution in [0.25, 0.3) is 0 Å². The summed E-state index contributed by atoms with van der Waals surface area (Å²) in [5.74, 6) is -0.0792. The number of para-hydroxylation sites is 1. The summed E-state index contributed by atoms with van der Waals surface area (Å²) in [6.45, 7) is 6.28. The van der Waals surface area contributed by atoms with E-state index in [9.17, 15) is 14.7 Å². The molecule has 43 heavy (non-hydrogen) atoms. The van der Waals surface area contributed by atoms with Crippen LogP contribution in [0.15, 0.2) is 85.1 Å². The van der Waals surface area contributed by atoms with E-state index in [2.05, 4.69) is 10.3 Å². The zero-order chi connectivity index (χ0) is 30.4. The molecule has 0 saturated carbocycles. The monoisotopic (exact) mass is 598 g/mol. The first kappa shape index (κ1) is 29.2. The Hall–Kier alpha value is -3.83. The number of carbonyl (C=O) groups is 1.